The summed E-state index contributed by atoms with van der Waals surface area (Å²) in [5.41, 5.74) is 1.28. The van der Waals surface area contributed by atoms with Gasteiger partial charge in [0, 0.05) is 6.92 Å². The smallest absolute Gasteiger partial charge is 0.235 e. The Kier molecular flexibility index (Phi) is 4.98. The van der Waals surface area contributed by atoms with Crippen molar-refractivity contribution in [3.05, 3.63) is 23.2 Å². The Balaban J connectivity index is 0.00000128. The summed E-state index contributed by atoms with van der Waals surface area (Å²) < 4.78 is 9.17. The molecule has 0 unspecified atom stereocenters. The zero-order chi connectivity index (χ0) is 10.8. The average Bonchev–Trinajstić information content (AvgIpc) is 2.53. The highest BCUT2D eigenvalue weighted by molar-refractivity contribution is 7.18. The fourth-order valence-corrected chi connectivity index (χ4v) is 2.89. The van der Waals surface area contributed by atoms with Crippen LogP contribution in [0.5, 0.6) is 5.75 Å². The van der Waals surface area contributed by atoms with Gasteiger partial charge in [-0.15, -0.1) is 0 Å². The molecule has 1 heterocycles. The van der Waals surface area contributed by atoms with Gasteiger partial charge >= 0.3 is 0 Å². The second kappa shape index (κ2) is 5.82. The van der Waals surface area contributed by atoms with Crippen LogP contribution >= 0.6 is 11.3 Å². The van der Waals surface area contributed by atoms with Crippen molar-refractivity contribution >= 4 is 21.6 Å². The van der Waals surface area contributed by atoms with Crippen LogP contribution in [0.4, 0.5) is 0 Å². The lowest BCUT2D eigenvalue weighted by Gasteiger charge is -2.00. The number of ether oxygens (including phenoxy) is 1. The third-order valence-corrected chi connectivity index (χ3v) is 3.57. The second-order valence-electron chi connectivity index (χ2n) is 3.43. The molecule has 0 N–H and O–H groups in total. The molecule has 0 saturated heterocycles. The van der Waals surface area contributed by atoms with E-state index in [1.165, 1.54) is 15.2 Å². The van der Waals surface area contributed by atoms with Gasteiger partial charge in [0.25, 0.3) is 0 Å². The molecule has 0 aliphatic rings. The van der Waals surface area contributed by atoms with E-state index in [9.17, 15) is 0 Å². The first-order chi connectivity index (χ1) is 7.26. The number of fused-ring (bicyclic) bond motifs is 1. The third kappa shape index (κ3) is 2.48. The maximum Gasteiger partial charge on any atom is 0.235 e. The van der Waals surface area contributed by atoms with Gasteiger partial charge in [-0.2, -0.15) is 4.57 Å². The number of nitrogens with zero attached hydrogens (tertiary/aromatic N) is 1. The van der Waals surface area contributed by atoms with Gasteiger partial charge in [-0.25, -0.2) is 0 Å². The Bertz CT molecular complexity index is 481. The topological polar surface area (TPSA) is 13.1 Å². The van der Waals surface area contributed by atoms with Crippen molar-refractivity contribution < 1.29 is 33.3 Å². The standard InChI is InChI=1S/C12H16NOS.HI/c1-4-13-9(3)15-12-7-6-10(14-5-2)8-11(12)13;/h6-8H,4-5H2,1-3H3;1H/q+1;/p-1. The van der Waals surface area contributed by atoms with E-state index in [1.54, 1.807) is 0 Å². The summed E-state index contributed by atoms with van der Waals surface area (Å²) in [6.07, 6.45) is 0. The highest BCUT2D eigenvalue weighted by Gasteiger charge is 2.15. The van der Waals surface area contributed by atoms with E-state index in [1.807, 2.05) is 24.3 Å². The summed E-state index contributed by atoms with van der Waals surface area (Å²) in [5, 5.41) is 1.35. The Morgan fingerprint density at radius 2 is 2.06 bits per heavy atom. The van der Waals surface area contributed by atoms with Crippen molar-refractivity contribution in [1.29, 1.82) is 0 Å². The van der Waals surface area contributed by atoms with Gasteiger partial charge in [-0.3, -0.25) is 0 Å². The number of aromatic nitrogens is 1. The molecule has 0 radical (unpaired) electrons. The van der Waals surface area contributed by atoms with Crippen molar-refractivity contribution in [2.45, 2.75) is 27.3 Å². The predicted molar refractivity (Wildman–Crippen MR) is 63.6 cm³/mol. The largest absolute Gasteiger partial charge is 1.00 e. The molecular weight excluding hydrogens is 333 g/mol. The number of aryl methyl sites for hydroxylation is 2. The van der Waals surface area contributed by atoms with Crippen molar-refractivity contribution in [2.75, 3.05) is 6.61 Å². The molecule has 1 aromatic carbocycles. The number of thiazole rings is 1. The maximum absolute atomic E-state index is 5.51. The number of hydrogen-bond donors (Lipinski definition) is 0. The van der Waals surface area contributed by atoms with Crippen LogP contribution in [0.3, 0.4) is 0 Å². The lowest BCUT2D eigenvalue weighted by atomic mass is 10.3. The second-order valence-corrected chi connectivity index (χ2v) is 4.66. The summed E-state index contributed by atoms with van der Waals surface area (Å²) in [7, 11) is 0. The molecule has 88 valence electrons. The van der Waals surface area contributed by atoms with E-state index in [0.29, 0.717) is 0 Å². The van der Waals surface area contributed by atoms with E-state index in [2.05, 4.69) is 30.5 Å². The number of hydrogen-bond acceptors (Lipinski definition) is 2. The van der Waals surface area contributed by atoms with Gasteiger partial charge in [0.1, 0.15) is 17.0 Å². The van der Waals surface area contributed by atoms with Crippen LogP contribution in [-0.2, 0) is 6.54 Å². The quantitative estimate of drug-likeness (QED) is 0.558. The first kappa shape index (κ1) is 13.7. The third-order valence-electron chi connectivity index (χ3n) is 2.49. The monoisotopic (exact) mass is 349 g/mol. The minimum atomic E-state index is 0. The van der Waals surface area contributed by atoms with Crippen LogP contribution < -0.4 is 33.3 Å². The summed E-state index contributed by atoms with van der Waals surface area (Å²) >= 11 is 1.84. The zero-order valence-electron chi connectivity index (χ0n) is 9.79. The van der Waals surface area contributed by atoms with Crippen LogP contribution in [0.1, 0.15) is 18.9 Å². The van der Waals surface area contributed by atoms with E-state index in [0.717, 1.165) is 18.9 Å². The Labute approximate surface area is 117 Å². The molecule has 0 bridgehead atoms. The molecule has 0 aliphatic carbocycles. The van der Waals surface area contributed by atoms with Gasteiger partial charge in [-0.05, 0) is 26.0 Å². The predicted octanol–water partition coefficient (Wildman–Crippen LogP) is -0.0802. The molecule has 2 nitrogen and oxygen atoms in total. The molecule has 1 aromatic heterocycles. The molecule has 4 heteroatoms. The lowest BCUT2D eigenvalue weighted by molar-refractivity contribution is -0.669. The fraction of sp³-hybridized carbons (Fsp3) is 0.417. The molecule has 0 fully saturated rings. The van der Waals surface area contributed by atoms with Crippen molar-refractivity contribution in [3.8, 4) is 5.75 Å². The molecule has 0 aliphatic heterocycles. The van der Waals surface area contributed by atoms with E-state index in [4.69, 9.17) is 4.74 Å². The van der Waals surface area contributed by atoms with Gasteiger partial charge in [0.05, 0.1) is 12.7 Å². The zero-order valence-corrected chi connectivity index (χ0v) is 12.8. The average molecular weight is 349 g/mol. The SMILES string of the molecule is CCOc1ccc2sc(C)[n+](CC)c2c1.[I-]. The van der Waals surface area contributed by atoms with Gasteiger partial charge in [0.2, 0.25) is 10.5 Å². The normalized spacial score (nSPS) is 10.2. The highest BCUT2D eigenvalue weighted by Crippen LogP contribution is 2.24. The van der Waals surface area contributed by atoms with Crippen molar-refractivity contribution in [1.82, 2.24) is 0 Å². The minimum Gasteiger partial charge on any atom is -1.00 e. The maximum atomic E-state index is 5.51. The molecule has 0 spiro atoms. The summed E-state index contributed by atoms with van der Waals surface area (Å²) in [6, 6.07) is 6.32. The Morgan fingerprint density at radius 1 is 1.31 bits per heavy atom. The van der Waals surface area contributed by atoms with Crippen LogP contribution in [0.25, 0.3) is 10.2 Å². The van der Waals surface area contributed by atoms with Crippen molar-refractivity contribution in [2.24, 2.45) is 0 Å². The molecule has 0 amide bonds. The van der Waals surface area contributed by atoms with E-state index < -0.39 is 0 Å². The first-order valence-corrected chi connectivity index (χ1v) is 6.13. The van der Waals surface area contributed by atoms with Crippen LogP contribution in [0, 0.1) is 6.92 Å². The lowest BCUT2D eigenvalue weighted by Crippen LogP contribution is -3.00. The Hall–Kier alpha value is -0.360. The summed E-state index contributed by atoms with van der Waals surface area (Å²) in [4.78, 5) is 0. The van der Waals surface area contributed by atoms with Gasteiger partial charge in [-0.1, -0.05) is 11.3 Å². The minimum absolute atomic E-state index is 0. The summed E-state index contributed by atoms with van der Waals surface area (Å²) in [6.45, 7) is 8.08. The molecule has 0 saturated carbocycles. The molecule has 2 rings (SSSR count). The molecule has 2 aromatic rings. The van der Waals surface area contributed by atoms with E-state index in [-0.39, 0.29) is 24.0 Å². The van der Waals surface area contributed by atoms with Crippen LogP contribution in [0.15, 0.2) is 18.2 Å². The molecular formula is C12H16INOS. The van der Waals surface area contributed by atoms with Crippen LogP contribution in [0.2, 0.25) is 0 Å². The van der Waals surface area contributed by atoms with E-state index >= 15 is 0 Å². The first-order valence-electron chi connectivity index (χ1n) is 5.32. The van der Waals surface area contributed by atoms with Crippen LogP contribution in [-0.4, -0.2) is 6.61 Å². The van der Waals surface area contributed by atoms with Crippen molar-refractivity contribution in [3.63, 3.8) is 0 Å². The number of halogens is 1. The molecule has 0 atom stereocenters. The number of benzene rings is 1. The van der Waals surface area contributed by atoms with Gasteiger partial charge < -0.3 is 28.7 Å². The number of rotatable bonds is 3. The Morgan fingerprint density at radius 3 is 2.69 bits per heavy atom. The van der Waals surface area contributed by atoms with Gasteiger partial charge in [0.15, 0.2) is 0 Å². The molecule has 16 heavy (non-hydrogen) atoms. The fourth-order valence-electron chi connectivity index (χ4n) is 1.83. The highest BCUT2D eigenvalue weighted by atomic mass is 127. The summed E-state index contributed by atoms with van der Waals surface area (Å²) in [5.74, 6) is 0.963.